The number of carbonyl (C=O) groups excluding carboxylic acids is 2. The number of anilines is 2. The van der Waals surface area contributed by atoms with Crippen molar-refractivity contribution in [3.63, 3.8) is 0 Å². The molecule has 0 bridgehead atoms. The van der Waals surface area contributed by atoms with E-state index in [-0.39, 0.29) is 11.5 Å². The number of rotatable bonds is 4. The molecule has 1 N–H and O–H groups in total. The molecule has 0 spiro atoms. The van der Waals surface area contributed by atoms with E-state index in [0.717, 1.165) is 11.1 Å². The highest BCUT2D eigenvalue weighted by molar-refractivity contribution is 6.05. The average molecular weight is 404 g/mol. The van der Waals surface area contributed by atoms with Crippen molar-refractivity contribution < 1.29 is 18.7 Å². The second kappa shape index (κ2) is 7.99. The van der Waals surface area contributed by atoms with Crippen LogP contribution in [-0.2, 0) is 11.3 Å². The van der Waals surface area contributed by atoms with E-state index in [9.17, 15) is 14.0 Å². The van der Waals surface area contributed by atoms with Crippen LogP contribution in [0.5, 0.6) is 5.75 Å². The third-order valence-corrected chi connectivity index (χ3v) is 4.97. The van der Waals surface area contributed by atoms with Crippen molar-refractivity contribution in [2.24, 2.45) is 0 Å². The Hall–Kier alpha value is -3.67. The number of aryl methyl sites for hydroxylation is 1. The van der Waals surface area contributed by atoms with Crippen LogP contribution in [0.3, 0.4) is 0 Å². The number of ether oxygens (including phenoxy) is 1. The van der Waals surface area contributed by atoms with Crippen LogP contribution in [0.4, 0.5) is 15.8 Å². The van der Waals surface area contributed by atoms with Gasteiger partial charge in [0.1, 0.15) is 11.6 Å². The summed E-state index contributed by atoms with van der Waals surface area (Å²) in [6, 6.07) is 18.6. The Bertz CT molecular complexity index is 1110. The molecule has 1 heterocycles. The van der Waals surface area contributed by atoms with Crippen LogP contribution in [0.15, 0.2) is 66.7 Å². The summed E-state index contributed by atoms with van der Waals surface area (Å²) in [4.78, 5) is 26.9. The van der Waals surface area contributed by atoms with Gasteiger partial charge in [0.05, 0.1) is 12.2 Å². The highest BCUT2D eigenvalue weighted by Crippen LogP contribution is 2.37. The molecule has 0 radical (unpaired) electrons. The Morgan fingerprint density at radius 1 is 1.10 bits per heavy atom. The molecule has 0 aliphatic carbocycles. The first-order chi connectivity index (χ1) is 14.4. The van der Waals surface area contributed by atoms with Crippen molar-refractivity contribution in [2.75, 3.05) is 10.2 Å². The molecule has 6 heteroatoms. The molecular formula is C24H21FN2O3. The topological polar surface area (TPSA) is 58.6 Å². The molecule has 1 atom stereocenters. The highest BCUT2D eigenvalue weighted by atomic mass is 19.1. The number of nitrogens with zero attached hydrogens (tertiary/aromatic N) is 1. The second-order valence-electron chi connectivity index (χ2n) is 7.32. The van der Waals surface area contributed by atoms with E-state index in [1.807, 2.05) is 31.2 Å². The lowest BCUT2D eigenvalue weighted by Crippen LogP contribution is -2.44. The molecule has 0 aromatic heterocycles. The summed E-state index contributed by atoms with van der Waals surface area (Å²) in [6.45, 7) is 4.11. The van der Waals surface area contributed by atoms with Crippen LogP contribution in [0.1, 0.15) is 28.4 Å². The van der Waals surface area contributed by atoms with Crippen LogP contribution in [0, 0.1) is 12.7 Å². The molecule has 4 rings (SSSR count). The lowest BCUT2D eigenvalue weighted by atomic mass is 10.1. The van der Waals surface area contributed by atoms with Crippen LogP contribution < -0.4 is 15.0 Å². The number of hydrogen-bond donors (Lipinski definition) is 1. The molecule has 0 saturated heterocycles. The fourth-order valence-electron chi connectivity index (χ4n) is 3.36. The Labute approximate surface area is 174 Å². The first kappa shape index (κ1) is 19.6. The molecule has 5 nitrogen and oxygen atoms in total. The van der Waals surface area contributed by atoms with E-state index in [1.165, 1.54) is 24.3 Å². The summed E-state index contributed by atoms with van der Waals surface area (Å²) in [5.41, 5.74) is 3.41. The Balaban J connectivity index is 1.63. The van der Waals surface area contributed by atoms with Gasteiger partial charge in [0.15, 0.2) is 6.10 Å². The van der Waals surface area contributed by atoms with Crippen molar-refractivity contribution >= 4 is 23.2 Å². The van der Waals surface area contributed by atoms with Crippen LogP contribution in [-0.4, -0.2) is 17.9 Å². The van der Waals surface area contributed by atoms with E-state index in [4.69, 9.17) is 4.74 Å². The fraction of sp³-hybridized carbons (Fsp3) is 0.167. The smallest absolute Gasteiger partial charge is 0.268 e. The molecule has 1 aliphatic heterocycles. The minimum absolute atomic E-state index is 0.156. The number of halogens is 1. The number of benzene rings is 3. The Morgan fingerprint density at radius 3 is 2.60 bits per heavy atom. The zero-order valence-corrected chi connectivity index (χ0v) is 16.7. The fourth-order valence-corrected chi connectivity index (χ4v) is 3.36. The zero-order valence-electron chi connectivity index (χ0n) is 16.7. The van der Waals surface area contributed by atoms with Gasteiger partial charge in [-0.2, -0.15) is 0 Å². The van der Waals surface area contributed by atoms with Crippen molar-refractivity contribution in [1.82, 2.24) is 0 Å². The third-order valence-electron chi connectivity index (χ3n) is 4.97. The number of fused-ring (bicyclic) bond motifs is 1. The van der Waals surface area contributed by atoms with Gasteiger partial charge in [-0.25, -0.2) is 4.39 Å². The molecule has 3 aromatic carbocycles. The maximum absolute atomic E-state index is 13.4. The maximum atomic E-state index is 13.4. The molecule has 0 fully saturated rings. The summed E-state index contributed by atoms with van der Waals surface area (Å²) in [5, 5.41) is 2.75. The standard InChI is InChI=1S/C24H21FN2O3/c1-15-6-8-17(9-7-15)14-27-21-13-20(10-11-22(21)30-16(2)24(27)29)26-23(28)18-4-3-5-19(25)12-18/h3-13,16H,14H2,1-2H3,(H,26,28). The SMILES string of the molecule is Cc1ccc(CN2C(=O)C(C)Oc3ccc(NC(=O)c4cccc(F)c4)cc32)cc1. The molecule has 152 valence electrons. The van der Waals surface area contributed by atoms with Crippen LogP contribution in [0.2, 0.25) is 0 Å². The molecule has 30 heavy (non-hydrogen) atoms. The summed E-state index contributed by atoms with van der Waals surface area (Å²) in [6.07, 6.45) is -0.601. The van der Waals surface area contributed by atoms with Gasteiger partial charge < -0.3 is 15.0 Å². The van der Waals surface area contributed by atoms with Gasteiger partial charge in [0.25, 0.3) is 11.8 Å². The van der Waals surface area contributed by atoms with Crippen molar-refractivity contribution in [3.8, 4) is 5.75 Å². The monoisotopic (exact) mass is 404 g/mol. The average Bonchev–Trinajstić information content (AvgIpc) is 2.73. The highest BCUT2D eigenvalue weighted by Gasteiger charge is 2.31. The van der Waals surface area contributed by atoms with Gasteiger partial charge in [-0.3, -0.25) is 9.59 Å². The van der Waals surface area contributed by atoms with Crippen LogP contribution >= 0.6 is 0 Å². The zero-order chi connectivity index (χ0) is 21.3. The van der Waals surface area contributed by atoms with Crippen molar-refractivity contribution in [1.29, 1.82) is 0 Å². The number of nitrogens with one attached hydrogen (secondary N) is 1. The summed E-state index contributed by atoms with van der Waals surface area (Å²) < 4.78 is 19.2. The third kappa shape index (κ3) is 4.03. The minimum atomic E-state index is -0.601. The predicted octanol–water partition coefficient (Wildman–Crippen LogP) is 4.70. The molecule has 2 amide bonds. The first-order valence-corrected chi connectivity index (χ1v) is 9.65. The molecule has 0 saturated carbocycles. The lowest BCUT2D eigenvalue weighted by Gasteiger charge is -2.33. The Kier molecular flexibility index (Phi) is 5.23. The Morgan fingerprint density at radius 2 is 1.87 bits per heavy atom. The van der Waals surface area contributed by atoms with E-state index >= 15 is 0 Å². The molecule has 3 aromatic rings. The molecule has 1 unspecified atom stereocenters. The lowest BCUT2D eigenvalue weighted by molar-refractivity contribution is -0.125. The maximum Gasteiger partial charge on any atom is 0.268 e. The number of amides is 2. The number of hydrogen-bond acceptors (Lipinski definition) is 3. The van der Waals surface area contributed by atoms with E-state index < -0.39 is 17.8 Å². The van der Waals surface area contributed by atoms with Gasteiger partial charge in [-0.15, -0.1) is 0 Å². The largest absolute Gasteiger partial charge is 0.479 e. The molecule has 1 aliphatic rings. The van der Waals surface area contributed by atoms with E-state index in [0.29, 0.717) is 23.7 Å². The van der Waals surface area contributed by atoms with Crippen molar-refractivity contribution in [3.05, 3.63) is 89.2 Å². The normalized spacial score (nSPS) is 15.4. The van der Waals surface area contributed by atoms with Gasteiger partial charge >= 0.3 is 0 Å². The summed E-state index contributed by atoms with van der Waals surface area (Å²) >= 11 is 0. The van der Waals surface area contributed by atoms with E-state index in [1.54, 1.807) is 30.0 Å². The quantitative estimate of drug-likeness (QED) is 0.686. The first-order valence-electron chi connectivity index (χ1n) is 9.65. The summed E-state index contributed by atoms with van der Waals surface area (Å²) in [7, 11) is 0. The van der Waals surface area contributed by atoms with Gasteiger partial charge in [0.2, 0.25) is 0 Å². The predicted molar refractivity (Wildman–Crippen MR) is 113 cm³/mol. The minimum Gasteiger partial charge on any atom is -0.479 e. The van der Waals surface area contributed by atoms with Crippen LogP contribution in [0.25, 0.3) is 0 Å². The van der Waals surface area contributed by atoms with Gasteiger partial charge in [0, 0.05) is 11.3 Å². The van der Waals surface area contributed by atoms with E-state index in [2.05, 4.69) is 5.32 Å². The van der Waals surface area contributed by atoms with Gasteiger partial charge in [-0.05, 0) is 55.8 Å². The number of carbonyl (C=O) groups is 2. The van der Waals surface area contributed by atoms with Crippen molar-refractivity contribution in [2.45, 2.75) is 26.5 Å². The summed E-state index contributed by atoms with van der Waals surface area (Å²) in [5.74, 6) is -0.504. The second-order valence-corrected chi connectivity index (χ2v) is 7.32. The molecular weight excluding hydrogens is 383 g/mol. The van der Waals surface area contributed by atoms with Gasteiger partial charge in [-0.1, -0.05) is 35.9 Å².